The van der Waals surface area contributed by atoms with Gasteiger partial charge in [0.15, 0.2) is 0 Å². The zero-order chi connectivity index (χ0) is 9.10. The molecule has 0 aromatic carbocycles. The molecule has 0 aromatic heterocycles. The fourth-order valence-corrected chi connectivity index (χ4v) is 2.32. The molecule has 0 aromatic rings. The first-order valence-electron chi connectivity index (χ1n) is 5.40. The van der Waals surface area contributed by atoms with Gasteiger partial charge >= 0.3 is 0 Å². The van der Waals surface area contributed by atoms with Crippen molar-refractivity contribution in [1.82, 2.24) is 4.90 Å². The largest absolute Gasteiger partial charge is 0.381 e. The van der Waals surface area contributed by atoms with E-state index in [1.165, 1.54) is 32.4 Å². The Hall–Kier alpha value is 0.460. The van der Waals surface area contributed by atoms with Crippen molar-refractivity contribution in [1.29, 1.82) is 0 Å². The van der Waals surface area contributed by atoms with Gasteiger partial charge in [-0.05, 0) is 31.7 Å². The van der Waals surface area contributed by atoms with Gasteiger partial charge in [-0.15, -0.1) is 24.8 Å². The summed E-state index contributed by atoms with van der Waals surface area (Å²) in [6.45, 7) is 5.49. The third-order valence-electron chi connectivity index (χ3n) is 3.17. The van der Waals surface area contributed by atoms with Gasteiger partial charge < -0.3 is 15.4 Å². The smallest absolute Gasteiger partial charge is 0.0469 e. The topological polar surface area (TPSA) is 38.5 Å². The minimum absolute atomic E-state index is 0. The monoisotopic (exact) mass is 256 g/mol. The molecule has 2 fully saturated rings. The SMILES string of the molecule is Cl.Cl.NC1CCN(CC2CCOCC2)C1. The molecule has 2 heterocycles. The molecule has 2 aliphatic heterocycles. The van der Waals surface area contributed by atoms with Crippen LogP contribution in [0.3, 0.4) is 0 Å². The molecule has 0 saturated carbocycles. The van der Waals surface area contributed by atoms with E-state index >= 15 is 0 Å². The molecule has 1 unspecified atom stereocenters. The summed E-state index contributed by atoms with van der Waals surface area (Å²) in [6, 6.07) is 0.430. The van der Waals surface area contributed by atoms with Crippen molar-refractivity contribution in [3.8, 4) is 0 Å². The van der Waals surface area contributed by atoms with E-state index in [0.29, 0.717) is 6.04 Å². The Morgan fingerprint density at radius 2 is 1.80 bits per heavy atom. The maximum Gasteiger partial charge on any atom is 0.0469 e. The van der Waals surface area contributed by atoms with E-state index in [2.05, 4.69) is 4.90 Å². The highest BCUT2D eigenvalue weighted by atomic mass is 35.5. The van der Waals surface area contributed by atoms with Crippen molar-refractivity contribution in [2.75, 3.05) is 32.8 Å². The van der Waals surface area contributed by atoms with Gasteiger partial charge in [-0.3, -0.25) is 0 Å². The number of nitrogens with zero attached hydrogens (tertiary/aromatic N) is 1. The summed E-state index contributed by atoms with van der Waals surface area (Å²) in [7, 11) is 0. The van der Waals surface area contributed by atoms with Gasteiger partial charge in [-0.1, -0.05) is 0 Å². The van der Waals surface area contributed by atoms with E-state index in [-0.39, 0.29) is 24.8 Å². The van der Waals surface area contributed by atoms with Crippen molar-refractivity contribution in [3.63, 3.8) is 0 Å². The maximum absolute atomic E-state index is 5.86. The highest BCUT2D eigenvalue weighted by molar-refractivity contribution is 5.85. The molecule has 0 amide bonds. The highest BCUT2D eigenvalue weighted by Crippen LogP contribution is 2.18. The first-order chi connectivity index (χ1) is 6.34. The van der Waals surface area contributed by atoms with Gasteiger partial charge in [0.1, 0.15) is 0 Å². The summed E-state index contributed by atoms with van der Waals surface area (Å²) in [5, 5.41) is 0. The fourth-order valence-electron chi connectivity index (χ4n) is 2.32. The van der Waals surface area contributed by atoms with E-state index in [9.17, 15) is 0 Å². The van der Waals surface area contributed by atoms with Crippen LogP contribution >= 0.6 is 24.8 Å². The molecule has 2 saturated heterocycles. The van der Waals surface area contributed by atoms with Gasteiger partial charge in [0, 0.05) is 32.3 Å². The van der Waals surface area contributed by atoms with Crippen LogP contribution in [0.2, 0.25) is 0 Å². The first kappa shape index (κ1) is 15.5. The molecule has 0 bridgehead atoms. The minimum atomic E-state index is 0. The van der Waals surface area contributed by atoms with Crippen LogP contribution in [0.4, 0.5) is 0 Å². The van der Waals surface area contributed by atoms with E-state index in [1.54, 1.807) is 0 Å². The summed E-state index contributed by atoms with van der Waals surface area (Å²) in [4.78, 5) is 2.51. The first-order valence-corrected chi connectivity index (χ1v) is 5.40. The third kappa shape index (κ3) is 4.87. The summed E-state index contributed by atoms with van der Waals surface area (Å²) in [5.41, 5.74) is 5.86. The molecule has 2 rings (SSSR count). The predicted octanol–water partition coefficient (Wildman–Crippen LogP) is 1.29. The summed E-state index contributed by atoms with van der Waals surface area (Å²) in [6.07, 6.45) is 3.67. The van der Waals surface area contributed by atoms with Crippen LogP contribution in [0.1, 0.15) is 19.3 Å². The standard InChI is InChI=1S/C10H20N2O.2ClH/c11-10-1-4-12(8-10)7-9-2-5-13-6-3-9;;/h9-10H,1-8,11H2;2*1H. The number of rotatable bonds is 2. The van der Waals surface area contributed by atoms with Gasteiger partial charge in [0.05, 0.1) is 0 Å². The average Bonchev–Trinajstić information content (AvgIpc) is 2.53. The van der Waals surface area contributed by atoms with E-state index in [1.807, 2.05) is 0 Å². The second-order valence-corrected chi connectivity index (χ2v) is 4.36. The fraction of sp³-hybridized carbons (Fsp3) is 1.00. The molecule has 2 N–H and O–H groups in total. The summed E-state index contributed by atoms with van der Waals surface area (Å²) < 4.78 is 5.34. The van der Waals surface area contributed by atoms with Crippen molar-refractivity contribution < 1.29 is 4.74 Å². The number of halogens is 2. The van der Waals surface area contributed by atoms with Crippen molar-refractivity contribution in [2.45, 2.75) is 25.3 Å². The summed E-state index contributed by atoms with van der Waals surface area (Å²) >= 11 is 0. The van der Waals surface area contributed by atoms with Crippen LogP contribution in [-0.4, -0.2) is 43.8 Å². The molecule has 0 aliphatic carbocycles. The lowest BCUT2D eigenvalue weighted by Gasteiger charge is -2.26. The second-order valence-electron chi connectivity index (χ2n) is 4.36. The number of hydrogen-bond donors (Lipinski definition) is 1. The Morgan fingerprint density at radius 3 is 2.33 bits per heavy atom. The van der Waals surface area contributed by atoms with E-state index in [4.69, 9.17) is 10.5 Å². The van der Waals surface area contributed by atoms with Crippen LogP contribution in [0.15, 0.2) is 0 Å². The third-order valence-corrected chi connectivity index (χ3v) is 3.17. The Bertz CT molecular complexity index is 163. The Labute approximate surface area is 105 Å². The number of hydrogen-bond acceptors (Lipinski definition) is 3. The maximum atomic E-state index is 5.86. The Kier molecular flexibility index (Phi) is 7.92. The van der Waals surface area contributed by atoms with Crippen LogP contribution in [-0.2, 0) is 4.74 Å². The molecule has 3 nitrogen and oxygen atoms in total. The minimum Gasteiger partial charge on any atom is -0.381 e. The van der Waals surface area contributed by atoms with Crippen LogP contribution in [0.25, 0.3) is 0 Å². The molecule has 5 heteroatoms. The van der Waals surface area contributed by atoms with Gasteiger partial charge in [0.25, 0.3) is 0 Å². The molecule has 0 spiro atoms. The lowest BCUT2D eigenvalue weighted by atomic mass is 10.00. The van der Waals surface area contributed by atoms with Crippen LogP contribution in [0.5, 0.6) is 0 Å². The van der Waals surface area contributed by atoms with Gasteiger partial charge in [-0.2, -0.15) is 0 Å². The quantitative estimate of drug-likeness (QED) is 0.810. The Morgan fingerprint density at radius 1 is 1.13 bits per heavy atom. The van der Waals surface area contributed by atoms with E-state index in [0.717, 1.165) is 25.7 Å². The lowest BCUT2D eigenvalue weighted by Crippen LogP contribution is -2.33. The van der Waals surface area contributed by atoms with Crippen molar-refractivity contribution >= 4 is 24.8 Å². The average molecular weight is 257 g/mol. The lowest BCUT2D eigenvalue weighted by molar-refractivity contribution is 0.0554. The Balaban J connectivity index is 0.000000980. The highest BCUT2D eigenvalue weighted by Gasteiger charge is 2.23. The predicted molar refractivity (Wildman–Crippen MR) is 67.1 cm³/mol. The van der Waals surface area contributed by atoms with Crippen LogP contribution < -0.4 is 5.73 Å². The molecular weight excluding hydrogens is 235 g/mol. The molecule has 2 aliphatic rings. The summed E-state index contributed by atoms with van der Waals surface area (Å²) in [5.74, 6) is 0.860. The van der Waals surface area contributed by atoms with Crippen molar-refractivity contribution in [2.24, 2.45) is 11.7 Å². The van der Waals surface area contributed by atoms with Crippen LogP contribution in [0, 0.1) is 5.92 Å². The molecular formula is C10H22Cl2N2O. The zero-order valence-electron chi connectivity index (χ0n) is 9.06. The van der Waals surface area contributed by atoms with Crippen molar-refractivity contribution in [3.05, 3.63) is 0 Å². The zero-order valence-corrected chi connectivity index (χ0v) is 10.7. The van der Waals surface area contributed by atoms with E-state index < -0.39 is 0 Å². The molecule has 15 heavy (non-hydrogen) atoms. The normalized spacial score (nSPS) is 28.2. The second kappa shape index (κ2) is 7.69. The van der Waals surface area contributed by atoms with Gasteiger partial charge in [0.2, 0.25) is 0 Å². The number of likely N-dealkylation sites (tertiary alicyclic amines) is 1. The molecule has 92 valence electrons. The number of ether oxygens (including phenoxy) is 1. The number of nitrogens with two attached hydrogens (primary N) is 1. The van der Waals surface area contributed by atoms with Gasteiger partial charge in [-0.25, -0.2) is 0 Å². The molecule has 0 radical (unpaired) electrons. The molecule has 1 atom stereocenters.